The van der Waals surface area contributed by atoms with Crippen LogP contribution in [-0.2, 0) is 20.7 Å². The van der Waals surface area contributed by atoms with E-state index in [1.807, 2.05) is 32.0 Å². The molecule has 41 heavy (non-hydrogen) atoms. The highest BCUT2D eigenvalue weighted by atomic mass is 16.5. The van der Waals surface area contributed by atoms with E-state index in [1.165, 1.54) is 84.8 Å². The summed E-state index contributed by atoms with van der Waals surface area (Å²) in [6.07, 6.45) is 16.2. The van der Waals surface area contributed by atoms with Gasteiger partial charge in [-0.1, -0.05) is 96.1 Å². The van der Waals surface area contributed by atoms with E-state index in [0.29, 0.717) is 17.0 Å². The molecule has 0 saturated carbocycles. The topological polar surface area (TPSA) is 94.2 Å². The van der Waals surface area contributed by atoms with E-state index in [9.17, 15) is 14.4 Å². The molecular formula is C33H52N2O6. The fourth-order valence-corrected chi connectivity index (χ4v) is 5.48. The summed E-state index contributed by atoms with van der Waals surface area (Å²) < 4.78 is 16.2. The van der Waals surface area contributed by atoms with Crippen LogP contribution in [0.15, 0.2) is 29.5 Å². The minimum atomic E-state index is -1.05. The van der Waals surface area contributed by atoms with E-state index in [4.69, 9.17) is 14.2 Å². The Hall–Kier alpha value is -3.03. The van der Waals surface area contributed by atoms with E-state index in [-0.39, 0.29) is 11.7 Å². The van der Waals surface area contributed by atoms with Crippen LogP contribution in [-0.4, -0.2) is 43.3 Å². The van der Waals surface area contributed by atoms with Gasteiger partial charge < -0.3 is 19.5 Å². The number of hydrogen-bond acceptors (Lipinski definition) is 6. The number of unbranched alkanes of at least 4 members (excludes halogenated alkanes) is 12. The van der Waals surface area contributed by atoms with Crippen molar-refractivity contribution in [3.63, 3.8) is 0 Å². The molecule has 0 aliphatic carbocycles. The lowest BCUT2D eigenvalue weighted by atomic mass is 9.88. The molecule has 3 amide bonds. The maximum Gasteiger partial charge on any atom is 0.418 e. The first-order chi connectivity index (χ1) is 19.8. The predicted octanol–water partition coefficient (Wildman–Crippen LogP) is 8.39. The van der Waals surface area contributed by atoms with Gasteiger partial charge in [0.1, 0.15) is 11.8 Å². The van der Waals surface area contributed by atoms with Gasteiger partial charge in [-0.3, -0.25) is 0 Å². The second-order valence-electron chi connectivity index (χ2n) is 11.2. The molecule has 1 aromatic rings. The first-order valence-electron chi connectivity index (χ1n) is 15.5. The molecule has 1 heterocycles. The van der Waals surface area contributed by atoms with Crippen molar-refractivity contribution in [3.8, 4) is 5.75 Å². The third-order valence-electron chi connectivity index (χ3n) is 7.57. The van der Waals surface area contributed by atoms with E-state index in [0.717, 1.165) is 29.7 Å². The molecule has 1 aliphatic heterocycles. The molecule has 0 fully saturated rings. The number of nitrogens with one attached hydrogen (secondary N) is 1. The van der Waals surface area contributed by atoms with Crippen molar-refractivity contribution in [2.75, 3.05) is 14.2 Å². The van der Waals surface area contributed by atoms with Gasteiger partial charge in [0, 0.05) is 11.3 Å². The lowest BCUT2D eigenvalue weighted by Gasteiger charge is -2.37. The minimum Gasteiger partial charge on any atom is -0.491 e. The smallest absolute Gasteiger partial charge is 0.418 e. The second kappa shape index (κ2) is 18.4. The normalized spacial score (nSPS) is 15.2. The highest BCUT2D eigenvalue weighted by molar-refractivity contribution is 6.00. The van der Waals surface area contributed by atoms with Crippen molar-refractivity contribution in [2.45, 2.75) is 130 Å². The second-order valence-corrected chi connectivity index (χ2v) is 11.2. The summed E-state index contributed by atoms with van der Waals surface area (Å²) in [4.78, 5) is 39.9. The van der Waals surface area contributed by atoms with Crippen LogP contribution in [0.4, 0.5) is 9.59 Å². The zero-order chi connectivity index (χ0) is 30.2. The highest BCUT2D eigenvalue weighted by Crippen LogP contribution is 2.42. The van der Waals surface area contributed by atoms with E-state index < -0.39 is 24.1 Å². The zero-order valence-corrected chi connectivity index (χ0v) is 26.2. The summed E-state index contributed by atoms with van der Waals surface area (Å²) in [5, 5.41) is 2.61. The summed E-state index contributed by atoms with van der Waals surface area (Å²) in [5.74, 6) is -0.109. The SMILES string of the molecule is CCCCCCCCCCCCCCCc1cccc(OC(C)C)c1C1C(C(=O)OC)=C(C)NC(=O)N1C(=O)OC. The summed E-state index contributed by atoms with van der Waals surface area (Å²) in [5.41, 5.74) is 2.04. The number of amides is 3. The average molecular weight is 573 g/mol. The quantitative estimate of drug-likeness (QED) is 0.140. The Labute approximate surface area is 247 Å². The highest BCUT2D eigenvalue weighted by Gasteiger charge is 2.44. The summed E-state index contributed by atoms with van der Waals surface area (Å²) in [6.45, 7) is 7.71. The van der Waals surface area contributed by atoms with Crippen molar-refractivity contribution in [2.24, 2.45) is 0 Å². The molecule has 0 spiro atoms. The van der Waals surface area contributed by atoms with Crippen LogP contribution in [0.3, 0.4) is 0 Å². The van der Waals surface area contributed by atoms with Crippen LogP contribution < -0.4 is 10.1 Å². The van der Waals surface area contributed by atoms with Gasteiger partial charge in [0.15, 0.2) is 0 Å². The lowest BCUT2D eigenvalue weighted by molar-refractivity contribution is -0.136. The summed E-state index contributed by atoms with van der Waals surface area (Å²) in [6, 6.07) is 4.00. The van der Waals surface area contributed by atoms with E-state index >= 15 is 0 Å². The Kier molecular flexibility index (Phi) is 15.3. The molecule has 1 aliphatic rings. The molecule has 2 rings (SSSR count). The number of esters is 1. The molecular weight excluding hydrogens is 520 g/mol. The number of nitrogens with zero attached hydrogens (tertiary/aromatic N) is 1. The van der Waals surface area contributed by atoms with Crippen molar-refractivity contribution < 1.29 is 28.6 Å². The molecule has 0 radical (unpaired) electrons. The first kappa shape index (κ1) is 34.2. The van der Waals surface area contributed by atoms with Gasteiger partial charge in [0.25, 0.3) is 0 Å². The molecule has 0 bridgehead atoms. The maximum absolute atomic E-state index is 13.1. The van der Waals surface area contributed by atoms with Crippen LogP contribution in [0.25, 0.3) is 0 Å². The maximum atomic E-state index is 13.1. The number of imide groups is 1. The van der Waals surface area contributed by atoms with Gasteiger partial charge >= 0.3 is 18.1 Å². The molecule has 1 atom stereocenters. The summed E-state index contributed by atoms with van der Waals surface area (Å²) in [7, 11) is 2.49. The monoisotopic (exact) mass is 572 g/mol. The van der Waals surface area contributed by atoms with Gasteiger partial charge in [-0.2, -0.15) is 0 Å². The zero-order valence-electron chi connectivity index (χ0n) is 26.2. The Morgan fingerprint density at radius 3 is 1.95 bits per heavy atom. The largest absolute Gasteiger partial charge is 0.491 e. The molecule has 230 valence electrons. The van der Waals surface area contributed by atoms with Gasteiger partial charge in [-0.05, 0) is 45.2 Å². The van der Waals surface area contributed by atoms with Crippen LogP contribution in [0.5, 0.6) is 5.75 Å². The molecule has 8 nitrogen and oxygen atoms in total. The fraction of sp³-hybridized carbons (Fsp3) is 0.667. The predicted molar refractivity (Wildman–Crippen MR) is 162 cm³/mol. The molecule has 1 unspecified atom stereocenters. The Bertz CT molecular complexity index is 1020. The number of ether oxygens (including phenoxy) is 3. The number of hydrogen-bond donors (Lipinski definition) is 1. The molecule has 0 saturated heterocycles. The lowest BCUT2D eigenvalue weighted by Crippen LogP contribution is -2.51. The average Bonchev–Trinajstić information content (AvgIpc) is 2.94. The number of carbonyl (C=O) groups is 3. The Morgan fingerprint density at radius 2 is 1.44 bits per heavy atom. The number of methoxy groups -OCH3 is 2. The Morgan fingerprint density at radius 1 is 0.878 bits per heavy atom. The van der Waals surface area contributed by atoms with Crippen LogP contribution >= 0.6 is 0 Å². The number of rotatable bonds is 18. The van der Waals surface area contributed by atoms with Crippen LogP contribution in [0.2, 0.25) is 0 Å². The summed E-state index contributed by atoms with van der Waals surface area (Å²) >= 11 is 0. The van der Waals surface area contributed by atoms with E-state index in [2.05, 4.69) is 12.2 Å². The number of urea groups is 1. The number of carbonyl (C=O) groups excluding carboxylic acids is 3. The first-order valence-corrected chi connectivity index (χ1v) is 15.5. The van der Waals surface area contributed by atoms with Crippen molar-refractivity contribution in [1.82, 2.24) is 10.2 Å². The number of aryl methyl sites for hydroxylation is 1. The number of benzene rings is 1. The van der Waals surface area contributed by atoms with Crippen molar-refractivity contribution in [3.05, 3.63) is 40.6 Å². The molecule has 0 aromatic heterocycles. The van der Waals surface area contributed by atoms with Crippen molar-refractivity contribution >= 4 is 18.1 Å². The molecule has 8 heteroatoms. The van der Waals surface area contributed by atoms with Gasteiger partial charge in [0.05, 0.1) is 25.9 Å². The van der Waals surface area contributed by atoms with Gasteiger partial charge in [-0.25, -0.2) is 19.3 Å². The van der Waals surface area contributed by atoms with Crippen LogP contribution in [0.1, 0.15) is 128 Å². The van der Waals surface area contributed by atoms with Gasteiger partial charge in [0.2, 0.25) is 0 Å². The molecule has 1 aromatic carbocycles. The number of allylic oxidation sites excluding steroid dienone is 1. The fourth-order valence-electron chi connectivity index (χ4n) is 5.48. The third kappa shape index (κ3) is 10.4. The third-order valence-corrected chi connectivity index (χ3v) is 7.57. The standard InChI is InChI=1S/C33H52N2O6/c1-7-8-9-10-11-12-13-14-15-16-17-18-19-21-26-22-20-23-27(41-24(2)3)29(26)30-28(31(36)39-5)25(4)34-32(37)35(30)33(38)40-6/h20,22-24,30H,7-19,21H2,1-6H3,(H,34,37). The van der Waals surface area contributed by atoms with Gasteiger partial charge in [-0.15, -0.1) is 0 Å². The van der Waals surface area contributed by atoms with Crippen molar-refractivity contribution in [1.29, 1.82) is 0 Å². The molecule has 1 N–H and O–H groups in total. The van der Waals surface area contributed by atoms with Crippen LogP contribution in [0, 0.1) is 0 Å². The van der Waals surface area contributed by atoms with E-state index in [1.54, 1.807) is 6.92 Å². The minimum absolute atomic E-state index is 0.156. The Balaban J connectivity index is 2.16.